The van der Waals surface area contributed by atoms with E-state index in [1.807, 2.05) is 13.1 Å². The standard InChI is InChI=1S/C20H18BrN3O3/c1-13-11-22-24(12-13)17-9-5-15(6-10-17)19(25)23-18(20(26)27-2)14-3-7-16(21)8-4-14/h3-12,18H,1-2H3,(H,23,25). The number of hydrogen-bond acceptors (Lipinski definition) is 4. The van der Waals surface area contributed by atoms with Crippen molar-refractivity contribution in [3.05, 3.63) is 82.1 Å². The average molecular weight is 428 g/mol. The van der Waals surface area contributed by atoms with Crippen molar-refractivity contribution < 1.29 is 14.3 Å². The highest BCUT2D eigenvalue weighted by atomic mass is 79.9. The highest BCUT2D eigenvalue weighted by Gasteiger charge is 2.24. The normalized spacial score (nSPS) is 11.7. The first kappa shape index (κ1) is 18.8. The minimum absolute atomic E-state index is 0.364. The molecule has 7 heteroatoms. The molecule has 0 aliphatic rings. The molecule has 138 valence electrons. The van der Waals surface area contributed by atoms with Gasteiger partial charge in [0, 0.05) is 16.2 Å². The van der Waals surface area contributed by atoms with Crippen molar-refractivity contribution >= 4 is 27.8 Å². The van der Waals surface area contributed by atoms with Crippen molar-refractivity contribution in [2.45, 2.75) is 13.0 Å². The van der Waals surface area contributed by atoms with E-state index in [9.17, 15) is 9.59 Å². The maximum absolute atomic E-state index is 12.6. The van der Waals surface area contributed by atoms with Crippen LogP contribution in [0.1, 0.15) is 27.5 Å². The van der Waals surface area contributed by atoms with Gasteiger partial charge >= 0.3 is 5.97 Å². The Balaban J connectivity index is 1.79. The minimum atomic E-state index is -0.885. The lowest BCUT2D eigenvalue weighted by Gasteiger charge is -2.17. The van der Waals surface area contributed by atoms with Crippen molar-refractivity contribution in [3.8, 4) is 5.69 Å². The molecule has 3 aromatic rings. The summed E-state index contributed by atoms with van der Waals surface area (Å²) in [5.41, 5.74) is 2.97. The Kier molecular flexibility index (Phi) is 5.71. The number of aromatic nitrogens is 2. The number of aryl methyl sites for hydroxylation is 1. The van der Waals surface area contributed by atoms with Crippen LogP contribution >= 0.6 is 15.9 Å². The summed E-state index contributed by atoms with van der Waals surface area (Å²) in [5.74, 6) is -0.897. The average Bonchev–Trinajstić information content (AvgIpc) is 3.12. The summed E-state index contributed by atoms with van der Waals surface area (Å²) in [5, 5.41) is 6.97. The van der Waals surface area contributed by atoms with Gasteiger partial charge in [-0.05, 0) is 54.4 Å². The van der Waals surface area contributed by atoms with Crippen LogP contribution in [0.3, 0.4) is 0 Å². The smallest absolute Gasteiger partial charge is 0.333 e. The molecule has 1 aromatic heterocycles. The predicted molar refractivity (Wildman–Crippen MR) is 105 cm³/mol. The van der Waals surface area contributed by atoms with Crippen LogP contribution in [0.15, 0.2) is 65.4 Å². The number of benzene rings is 2. The van der Waals surface area contributed by atoms with Crippen LogP contribution in [-0.4, -0.2) is 28.8 Å². The molecule has 1 atom stereocenters. The van der Waals surface area contributed by atoms with Crippen LogP contribution in [-0.2, 0) is 9.53 Å². The second-order valence-electron chi connectivity index (χ2n) is 5.99. The van der Waals surface area contributed by atoms with Gasteiger partial charge in [-0.25, -0.2) is 9.48 Å². The van der Waals surface area contributed by atoms with Gasteiger partial charge in [0.2, 0.25) is 0 Å². The first-order valence-corrected chi connectivity index (χ1v) is 9.03. The van der Waals surface area contributed by atoms with Crippen LogP contribution in [0.25, 0.3) is 5.69 Å². The van der Waals surface area contributed by atoms with Crippen molar-refractivity contribution in [1.82, 2.24) is 15.1 Å². The molecule has 0 aliphatic heterocycles. The highest BCUT2D eigenvalue weighted by molar-refractivity contribution is 9.10. The number of halogens is 1. The molecule has 1 heterocycles. The van der Waals surface area contributed by atoms with Gasteiger partial charge in [-0.2, -0.15) is 5.10 Å². The molecule has 27 heavy (non-hydrogen) atoms. The highest BCUT2D eigenvalue weighted by Crippen LogP contribution is 2.19. The van der Waals surface area contributed by atoms with Crippen molar-refractivity contribution in [2.75, 3.05) is 7.11 Å². The Morgan fingerprint density at radius 1 is 1.11 bits per heavy atom. The van der Waals surface area contributed by atoms with Crippen LogP contribution in [0.5, 0.6) is 0 Å². The van der Waals surface area contributed by atoms with Crippen LogP contribution in [0, 0.1) is 6.92 Å². The molecular weight excluding hydrogens is 410 g/mol. The van der Waals surface area contributed by atoms with Gasteiger partial charge in [-0.1, -0.05) is 28.1 Å². The van der Waals surface area contributed by atoms with Gasteiger partial charge in [0.1, 0.15) is 0 Å². The number of rotatable bonds is 5. The van der Waals surface area contributed by atoms with Crippen molar-refractivity contribution in [3.63, 3.8) is 0 Å². The zero-order valence-electron chi connectivity index (χ0n) is 14.8. The third-order valence-corrected chi connectivity index (χ3v) is 4.55. The number of esters is 1. The number of nitrogens with zero attached hydrogens (tertiary/aromatic N) is 2. The summed E-state index contributed by atoms with van der Waals surface area (Å²) in [6, 6.07) is 13.2. The van der Waals surface area contributed by atoms with Gasteiger partial charge in [0.25, 0.3) is 5.91 Å². The SMILES string of the molecule is COC(=O)C(NC(=O)c1ccc(-n2cc(C)cn2)cc1)c1ccc(Br)cc1. The number of amides is 1. The van der Waals surface area contributed by atoms with E-state index in [-0.39, 0.29) is 5.91 Å². The zero-order chi connectivity index (χ0) is 19.4. The molecule has 0 saturated carbocycles. The summed E-state index contributed by atoms with van der Waals surface area (Å²) >= 11 is 3.35. The molecular formula is C20H18BrN3O3. The fourth-order valence-electron chi connectivity index (χ4n) is 2.59. The third kappa shape index (κ3) is 4.43. The maximum Gasteiger partial charge on any atom is 0.333 e. The Hall–Kier alpha value is -2.93. The lowest BCUT2D eigenvalue weighted by Crippen LogP contribution is -2.34. The summed E-state index contributed by atoms with van der Waals surface area (Å²) in [6.45, 7) is 1.96. The molecule has 0 fully saturated rings. The third-order valence-electron chi connectivity index (χ3n) is 4.02. The molecule has 0 spiro atoms. The molecule has 1 amide bonds. The monoisotopic (exact) mass is 427 g/mol. The molecule has 0 bridgehead atoms. The number of nitrogens with one attached hydrogen (secondary N) is 1. The number of carbonyl (C=O) groups is 2. The quantitative estimate of drug-likeness (QED) is 0.631. The van der Waals surface area contributed by atoms with E-state index in [0.29, 0.717) is 11.1 Å². The van der Waals surface area contributed by atoms with Crippen molar-refractivity contribution in [2.24, 2.45) is 0 Å². The van der Waals surface area contributed by atoms with Crippen LogP contribution in [0.4, 0.5) is 0 Å². The first-order chi connectivity index (χ1) is 13.0. The first-order valence-electron chi connectivity index (χ1n) is 8.24. The van der Waals surface area contributed by atoms with E-state index < -0.39 is 12.0 Å². The number of methoxy groups -OCH3 is 1. The Morgan fingerprint density at radius 2 is 1.78 bits per heavy atom. The zero-order valence-corrected chi connectivity index (χ0v) is 16.4. The Bertz CT molecular complexity index is 949. The summed E-state index contributed by atoms with van der Waals surface area (Å²) in [7, 11) is 1.29. The minimum Gasteiger partial charge on any atom is -0.467 e. The Labute approximate surface area is 165 Å². The van der Waals surface area contributed by atoms with E-state index in [4.69, 9.17) is 4.74 Å². The summed E-state index contributed by atoms with van der Waals surface area (Å²) in [4.78, 5) is 24.8. The van der Waals surface area contributed by atoms with Crippen LogP contribution < -0.4 is 5.32 Å². The molecule has 3 rings (SSSR count). The van der Waals surface area contributed by atoms with Gasteiger partial charge in [-0.3, -0.25) is 4.79 Å². The summed E-state index contributed by atoms with van der Waals surface area (Å²) < 4.78 is 7.45. The predicted octanol–water partition coefficient (Wildman–Crippen LogP) is 3.59. The number of ether oxygens (including phenoxy) is 1. The maximum atomic E-state index is 12.6. The van der Waals surface area contributed by atoms with E-state index in [0.717, 1.165) is 15.7 Å². The fraction of sp³-hybridized carbons (Fsp3) is 0.150. The topological polar surface area (TPSA) is 73.2 Å². The lowest BCUT2D eigenvalue weighted by atomic mass is 10.1. The molecule has 6 nitrogen and oxygen atoms in total. The van der Waals surface area contributed by atoms with Crippen LogP contribution in [0.2, 0.25) is 0 Å². The van der Waals surface area contributed by atoms with Crippen molar-refractivity contribution in [1.29, 1.82) is 0 Å². The van der Waals surface area contributed by atoms with E-state index in [1.165, 1.54) is 7.11 Å². The number of carbonyl (C=O) groups excluding carboxylic acids is 2. The fourth-order valence-corrected chi connectivity index (χ4v) is 2.85. The Morgan fingerprint density at radius 3 is 2.33 bits per heavy atom. The summed E-state index contributed by atoms with van der Waals surface area (Å²) in [6.07, 6.45) is 3.66. The van der Waals surface area contributed by atoms with E-state index >= 15 is 0 Å². The largest absolute Gasteiger partial charge is 0.467 e. The lowest BCUT2D eigenvalue weighted by molar-refractivity contribution is -0.143. The molecule has 1 N–H and O–H groups in total. The second kappa shape index (κ2) is 8.18. The second-order valence-corrected chi connectivity index (χ2v) is 6.91. The molecule has 0 aliphatic carbocycles. The van der Waals surface area contributed by atoms with Gasteiger partial charge in [0.05, 0.1) is 19.0 Å². The van der Waals surface area contributed by atoms with Gasteiger partial charge < -0.3 is 10.1 Å². The van der Waals surface area contributed by atoms with Gasteiger partial charge in [0.15, 0.2) is 6.04 Å². The van der Waals surface area contributed by atoms with Gasteiger partial charge in [-0.15, -0.1) is 0 Å². The van der Waals surface area contributed by atoms with E-state index in [1.54, 1.807) is 59.4 Å². The molecule has 2 aromatic carbocycles. The molecule has 0 saturated heterocycles. The molecule has 1 unspecified atom stereocenters. The molecule has 0 radical (unpaired) electrons. The van der Waals surface area contributed by atoms with E-state index in [2.05, 4.69) is 26.3 Å². The number of hydrogen-bond donors (Lipinski definition) is 1.